The molecule has 0 aliphatic carbocycles. The Balaban J connectivity index is 1.81. The Morgan fingerprint density at radius 3 is 2.65 bits per heavy atom. The quantitative estimate of drug-likeness (QED) is 0.886. The summed E-state index contributed by atoms with van der Waals surface area (Å²) in [5.41, 5.74) is 1.95. The summed E-state index contributed by atoms with van der Waals surface area (Å²) in [5, 5.41) is 4.87. The number of amides is 1. The zero-order valence-electron chi connectivity index (χ0n) is 11.8. The molecule has 0 atom stereocenters. The van der Waals surface area contributed by atoms with Crippen LogP contribution >= 0.6 is 11.3 Å². The Labute approximate surface area is 123 Å². The van der Waals surface area contributed by atoms with Crippen LogP contribution in [0.25, 0.3) is 0 Å². The van der Waals surface area contributed by atoms with E-state index in [1.807, 2.05) is 35.7 Å². The number of ether oxygens (including phenoxy) is 1. The van der Waals surface area contributed by atoms with Crippen LogP contribution in [0.15, 0.2) is 35.7 Å². The van der Waals surface area contributed by atoms with Crippen molar-refractivity contribution >= 4 is 17.2 Å². The van der Waals surface area contributed by atoms with Gasteiger partial charge in [-0.3, -0.25) is 4.79 Å². The van der Waals surface area contributed by atoms with E-state index < -0.39 is 0 Å². The monoisotopic (exact) mass is 289 g/mol. The lowest BCUT2D eigenvalue weighted by molar-refractivity contribution is 0.0954. The first-order chi connectivity index (χ1) is 9.72. The first-order valence-electron chi connectivity index (χ1n) is 6.71. The Morgan fingerprint density at radius 2 is 2.05 bits per heavy atom. The van der Waals surface area contributed by atoms with Gasteiger partial charge >= 0.3 is 0 Å². The molecular formula is C16H19NO2S. The lowest BCUT2D eigenvalue weighted by Gasteiger charge is -2.05. The zero-order valence-corrected chi connectivity index (χ0v) is 12.6. The highest BCUT2D eigenvalue weighted by atomic mass is 32.1. The maximum atomic E-state index is 11.9. The minimum atomic E-state index is 0.00876. The van der Waals surface area contributed by atoms with Crippen molar-refractivity contribution in [3.8, 4) is 5.75 Å². The third-order valence-electron chi connectivity index (χ3n) is 3.12. The van der Waals surface area contributed by atoms with Crippen LogP contribution in [0.3, 0.4) is 0 Å². The van der Waals surface area contributed by atoms with Gasteiger partial charge in [0.05, 0.1) is 12.7 Å². The number of aryl methyl sites for hydroxylation is 1. The second-order valence-electron chi connectivity index (χ2n) is 4.51. The topological polar surface area (TPSA) is 38.3 Å². The van der Waals surface area contributed by atoms with Crippen molar-refractivity contribution in [3.63, 3.8) is 0 Å². The number of hydrogen-bond acceptors (Lipinski definition) is 3. The normalized spacial score (nSPS) is 10.3. The molecule has 0 fully saturated rings. The molecule has 4 heteroatoms. The standard InChI is InChI=1S/C16H19NO2S/c1-3-15-10-13(11-20-15)16(18)17-9-8-12-4-6-14(19-2)7-5-12/h4-7,10-11H,3,8-9H2,1-2H3,(H,17,18). The number of carbonyl (C=O) groups is 1. The van der Waals surface area contributed by atoms with Gasteiger partial charge in [-0.15, -0.1) is 11.3 Å². The second kappa shape index (κ2) is 7.10. The molecule has 1 amide bonds. The van der Waals surface area contributed by atoms with E-state index in [9.17, 15) is 4.79 Å². The van der Waals surface area contributed by atoms with Gasteiger partial charge in [-0.05, 0) is 36.6 Å². The van der Waals surface area contributed by atoms with E-state index in [0.717, 1.165) is 24.2 Å². The number of nitrogens with one attached hydrogen (secondary N) is 1. The Morgan fingerprint density at radius 1 is 1.30 bits per heavy atom. The smallest absolute Gasteiger partial charge is 0.252 e. The number of rotatable bonds is 6. The summed E-state index contributed by atoms with van der Waals surface area (Å²) in [6.45, 7) is 2.74. The number of thiophene rings is 1. The SMILES string of the molecule is CCc1cc(C(=O)NCCc2ccc(OC)cc2)cs1. The van der Waals surface area contributed by atoms with E-state index >= 15 is 0 Å². The van der Waals surface area contributed by atoms with E-state index in [-0.39, 0.29) is 5.91 Å². The van der Waals surface area contributed by atoms with Crippen LogP contribution in [-0.4, -0.2) is 19.6 Å². The molecule has 0 bridgehead atoms. The van der Waals surface area contributed by atoms with Crippen LogP contribution in [0, 0.1) is 0 Å². The summed E-state index contributed by atoms with van der Waals surface area (Å²) in [4.78, 5) is 13.2. The fourth-order valence-electron chi connectivity index (χ4n) is 1.90. The predicted molar refractivity (Wildman–Crippen MR) is 82.7 cm³/mol. The van der Waals surface area contributed by atoms with Gasteiger partial charge in [0.25, 0.3) is 5.91 Å². The van der Waals surface area contributed by atoms with Gasteiger partial charge in [-0.2, -0.15) is 0 Å². The molecule has 1 N–H and O–H groups in total. The maximum absolute atomic E-state index is 11.9. The first-order valence-corrected chi connectivity index (χ1v) is 7.59. The van der Waals surface area contributed by atoms with Gasteiger partial charge in [0.2, 0.25) is 0 Å². The molecule has 2 aromatic rings. The molecule has 20 heavy (non-hydrogen) atoms. The van der Waals surface area contributed by atoms with Gasteiger partial charge < -0.3 is 10.1 Å². The van der Waals surface area contributed by atoms with Gasteiger partial charge in [0.15, 0.2) is 0 Å². The fraction of sp³-hybridized carbons (Fsp3) is 0.312. The van der Waals surface area contributed by atoms with Crippen LogP contribution in [0.5, 0.6) is 5.75 Å². The summed E-state index contributed by atoms with van der Waals surface area (Å²) in [6.07, 6.45) is 1.80. The molecule has 0 aliphatic heterocycles. The number of hydrogen-bond donors (Lipinski definition) is 1. The first kappa shape index (κ1) is 14.6. The molecule has 0 aliphatic rings. The average Bonchev–Trinajstić information content (AvgIpc) is 2.97. The minimum absolute atomic E-state index is 0.00876. The van der Waals surface area contributed by atoms with Gasteiger partial charge in [0, 0.05) is 16.8 Å². The second-order valence-corrected chi connectivity index (χ2v) is 5.51. The van der Waals surface area contributed by atoms with Gasteiger partial charge in [0.1, 0.15) is 5.75 Å². The molecule has 0 spiro atoms. The van der Waals surface area contributed by atoms with Crippen LogP contribution < -0.4 is 10.1 Å². The predicted octanol–water partition coefficient (Wildman–Crippen LogP) is 3.29. The highest BCUT2D eigenvalue weighted by molar-refractivity contribution is 7.10. The highest BCUT2D eigenvalue weighted by Crippen LogP contribution is 2.15. The van der Waals surface area contributed by atoms with Crippen molar-refractivity contribution in [1.82, 2.24) is 5.32 Å². The third kappa shape index (κ3) is 3.84. The Hall–Kier alpha value is -1.81. The number of benzene rings is 1. The molecule has 1 heterocycles. The zero-order chi connectivity index (χ0) is 14.4. The van der Waals surface area contributed by atoms with Crippen molar-refractivity contribution in [3.05, 3.63) is 51.7 Å². The van der Waals surface area contributed by atoms with E-state index in [4.69, 9.17) is 4.74 Å². The summed E-state index contributed by atoms with van der Waals surface area (Å²) in [5.74, 6) is 0.859. The fourth-order valence-corrected chi connectivity index (χ4v) is 2.71. The van der Waals surface area contributed by atoms with E-state index in [1.54, 1.807) is 18.4 Å². The number of methoxy groups -OCH3 is 1. The van der Waals surface area contributed by atoms with E-state index in [0.29, 0.717) is 6.54 Å². The minimum Gasteiger partial charge on any atom is -0.497 e. The van der Waals surface area contributed by atoms with E-state index in [2.05, 4.69) is 12.2 Å². The van der Waals surface area contributed by atoms with Gasteiger partial charge in [-0.25, -0.2) is 0 Å². The molecule has 0 saturated carbocycles. The molecule has 3 nitrogen and oxygen atoms in total. The van der Waals surface area contributed by atoms with Crippen LogP contribution in [0.4, 0.5) is 0 Å². The molecule has 2 rings (SSSR count). The maximum Gasteiger partial charge on any atom is 0.252 e. The average molecular weight is 289 g/mol. The lowest BCUT2D eigenvalue weighted by atomic mass is 10.1. The number of carbonyl (C=O) groups excluding carboxylic acids is 1. The molecule has 0 unspecified atom stereocenters. The molecular weight excluding hydrogens is 270 g/mol. The van der Waals surface area contributed by atoms with Crippen molar-refractivity contribution < 1.29 is 9.53 Å². The molecule has 0 saturated heterocycles. The van der Waals surface area contributed by atoms with Crippen molar-refractivity contribution in [2.75, 3.05) is 13.7 Å². The van der Waals surface area contributed by atoms with Crippen molar-refractivity contribution in [1.29, 1.82) is 0 Å². The summed E-state index contributed by atoms with van der Waals surface area (Å²) < 4.78 is 5.11. The van der Waals surface area contributed by atoms with E-state index in [1.165, 1.54) is 10.4 Å². The molecule has 0 radical (unpaired) electrons. The Bertz CT molecular complexity index is 560. The summed E-state index contributed by atoms with van der Waals surface area (Å²) in [6, 6.07) is 9.87. The summed E-state index contributed by atoms with van der Waals surface area (Å²) in [7, 11) is 1.65. The lowest BCUT2D eigenvalue weighted by Crippen LogP contribution is -2.25. The van der Waals surface area contributed by atoms with Crippen molar-refractivity contribution in [2.24, 2.45) is 0 Å². The van der Waals surface area contributed by atoms with Crippen LogP contribution in [0.1, 0.15) is 27.7 Å². The van der Waals surface area contributed by atoms with Gasteiger partial charge in [-0.1, -0.05) is 19.1 Å². The third-order valence-corrected chi connectivity index (χ3v) is 4.20. The van der Waals surface area contributed by atoms with Crippen molar-refractivity contribution in [2.45, 2.75) is 19.8 Å². The van der Waals surface area contributed by atoms with Crippen LogP contribution in [0.2, 0.25) is 0 Å². The largest absolute Gasteiger partial charge is 0.497 e. The molecule has 1 aromatic heterocycles. The summed E-state index contributed by atoms with van der Waals surface area (Å²) >= 11 is 1.64. The van der Waals surface area contributed by atoms with Crippen LogP contribution in [-0.2, 0) is 12.8 Å². The Kier molecular flexibility index (Phi) is 5.18. The molecule has 106 valence electrons. The highest BCUT2D eigenvalue weighted by Gasteiger charge is 2.07. The molecule has 1 aromatic carbocycles.